The monoisotopic (exact) mass is 317 g/mol. The molecular formula is C16H20ClN5. The van der Waals surface area contributed by atoms with Gasteiger partial charge in [-0.15, -0.1) is 0 Å². The molecular weight excluding hydrogens is 298 g/mol. The van der Waals surface area contributed by atoms with Crippen LogP contribution in [0, 0.1) is 0 Å². The molecule has 5 nitrogen and oxygen atoms in total. The van der Waals surface area contributed by atoms with Crippen molar-refractivity contribution in [1.82, 2.24) is 14.9 Å². The highest BCUT2D eigenvalue weighted by Gasteiger charge is 2.17. The van der Waals surface area contributed by atoms with Gasteiger partial charge in [-0.1, -0.05) is 23.7 Å². The topological polar surface area (TPSA) is 58.3 Å². The van der Waals surface area contributed by atoms with Gasteiger partial charge in [0.05, 0.1) is 17.3 Å². The van der Waals surface area contributed by atoms with Gasteiger partial charge in [0.1, 0.15) is 11.6 Å². The number of nitrogens with two attached hydrogens (primary N) is 1. The van der Waals surface area contributed by atoms with E-state index < -0.39 is 0 Å². The summed E-state index contributed by atoms with van der Waals surface area (Å²) in [5, 5.41) is 0.815. The molecule has 1 saturated heterocycles. The molecule has 0 amide bonds. The highest BCUT2D eigenvalue weighted by Crippen LogP contribution is 2.26. The summed E-state index contributed by atoms with van der Waals surface area (Å²) in [7, 11) is 0. The van der Waals surface area contributed by atoms with Gasteiger partial charge in [0, 0.05) is 32.4 Å². The van der Waals surface area contributed by atoms with Gasteiger partial charge in [-0.25, -0.2) is 9.97 Å². The molecule has 2 heterocycles. The van der Waals surface area contributed by atoms with Crippen molar-refractivity contribution in [3.05, 3.63) is 47.4 Å². The average molecular weight is 318 g/mol. The van der Waals surface area contributed by atoms with Gasteiger partial charge in [0.25, 0.3) is 0 Å². The van der Waals surface area contributed by atoms with Gasteiger partial charge in [-0.3, -0.25) is 4.90 Å². The van der Waals surface area contributed by atoms with Crippen LogP contribution in [0.3, 0.4) is 0 Å². The molecule has 2 aromatic rings. The first-order valence-corrected chi connectivity index (χ1v) is 7.89. The first-order valence-electron chi connectivity index (χ1n) is 7.51. The van der Waals surface area contributed by atoms with E-state index in [9.17, 15) is 0 Å². The van der Waals surface area contributed by atoms with Crippen LogP contribution in [0.15, 0.2) is 36.5 Å². The summed E-state index contributed by atoms with van der Waals surface area (Å²) >= 11 is 6.31. The highest BCUT2D eigenvalue weighted by molar-refractivity contribution is 6.33. The summed E-state index contributed by atoms with van der Waals surface area (Å²) in [6.07, 6.45) is 2.80. The molecule has 0 spiro atoms. The van der Waals surface area contributed by atoms with E-state index in [0.29, 0.717) is 5.82 Å². The molecule has 22 heavy (non-hydrogen) atoms. The second-order valence-corrected chi connectivity index (χ2v) is 5.87. The summed E-state index contributed by atoms with van der Waals surface area (Å²) in [6, 6.07) is 9.74. The van der Waals surface area contributed by atoms with Gasteiger partial charge in [-0.2, -0.15) is 0 Å². The Morgan fingerprint density at radius 3 is 2.77 bits per heavy atom. The summed E-state index contributed by atoms with van der Waals surface area (Å²) in [5.74, 6) is 1.31. The Kier molecular flexibility index (Phi) is 4.75. The van der Waals surface area contributed by atoms with Crippen molar-refractivity contribution in [2.45, 2.75) is 13.0 Å². The zero-order valence-corrected chi connectivity index (χ0v) is 13.2. The smallest absolute Gasteiger partial charge is 0.144 e. The molecule has 3 rings (SSSR count). The molecule has 1 fully saturated rings. The lowest BCUT2D eigenvalue weighted by molar-refractivity contribution is 0.278. The van der Waals surface area contributed by atoms with Crippen LogP contribution in [0.5, 0.6) is 0 Å². The van der Waals surface area contributed by atoms with Gasteiger partial charge in [0.15, 0.2) is 0 Å². The Bertz CT molecular complexity index is 633. The van der Waals surface area contributed by atoms with Crippen LogP contribution in [0.4, 0.5) is 11.5 Å². The third-order valence-electron chi connectivity index (χ3n) is 3.87. The predicted octanol–water partition coefficient (Wildman–Crippen LogP) is 2.42. The fourth-order valence-corrected chi connectivity index (χ4v) is 3.02. The molecule has 1 aliphatic heterocycles. The summed E-state index contributed by atoms with van der Waals surface area (Å²) in [5.41, 5.74) is 6.83. The second-order valence-electron chi connectivity index (χ2n) is 5.47. The maximum absolute atomic E-state index is 6.31. The van der Waals surface area contributed by atoms with E-state index in [1.807, 2.05) is 18.2 Å². The van der Waals surface area contributed by atoms with Crippen LogP contribution < -0.4 is 10.6 Å². The number of nitrogen functional groups attached to an aromatic ring is 1. The van der Waals surface area contributed by atoms with Crippen LogP contribution in [0.25, 0.3) is 0 Å². The number of aromatic nitrogens is 2. The maximum Gasteiger partial charge on any atom is 0.144 e. The normalized spacial score (nSPS) is 16.5. The van der Waals surface area contributed by atoms with E-state index in [-0.39, 0.29) is 0 Å². The Morgan fingerprint density at radius 1 is 1.09 bits per heavy atom. The van der Waals surface area contributed by atoms with Gasteiger partial charge < -0.3 is 10.6 Å². The van der Waals surface area contributed by atoms with E-state index in [4.69, 9.17) is 17.3 Å². The standard InChI is InChI=1S/C16H20ClN5/c17-13-4-1-2-5-14(13)22-9-3-8-21(10-11-22)12-16-19-7-6-15(18)20-16/h1-2,4-7H,3,8-12H2,(H2,18,19,20). The largest absolute Gasteiger partial charge is 0.384 e. The zero-order valence-electron chi connectivity index (χ0n) is 12.5. The van der Waals surface area contributed by atoms with Gasteiger partial charge >= 0.3 is 0 Å². The van der Waals surface area contributed by atoms with Gasteiger partial charge in [0.2, 0.25) is 0 Å². The van der Waals surface area contributed by atoms with Crippen LogP contribution >= 0.6 is 11.6 Å². The number of para-hydroxylation sites is 1. The Balaban J connectivity index is 1.64. The minimum absolute atomic E-state index is 0.525. The molecule has 2 N–H and O–H groups in total. The molecule has 0 saturated carbocycles. The highest BCUT2D eigenvalue weighted by atomic mass is 35.5. The van der Waals surface area contributed by atoms with E-state index in [0.717, 1.165) is 55.7 Å². The second kappa shape index (κ2) is 6.94. The molecule has 0 bridgehead atoms. The maximum atomic E-state index is 6.31. The van der Waals surface area contributed by atoms with Crippen molar-refractivity contribution < 1.29 is 0 Å². The minimum Gasteiger partial charge on any atom is -0.384 e. The van der Waals surface area contributed by atoms with Gasteiger partial charge in [-0.05, 0) is 24.6 Å². The molecule has 6 heteroatoms. The lowest BCUT2D eigenvalue weighted by atomic mass is 10.2. The van der Waals surface area contributed by atoms with Crippen molar-refractivity contribution >= 4 is 23.1 Å². The quantitative estimate of drug-likeness (QED) is 0.942. The SMILES string of the molecule is Nc1ccnc(CN2CCCN(c3ccccc3Cl)CC2)n1. The molecule has 0 aliphatic carbocycles. The fraction of sp³-hybridized carbons (Fsp3) is 0.375. The van der Waals surface area contributed by atoms with E-state index >= 15 is 0 Å². The zero-order chi connectivity index (χ0) is 15.4. The number of hydrogen-bond acceptors (Lipinski definition) is 5. The van der Waals surface area contributed by atoms with Crippen molar-refractivity contribution in [2.24, 2.45) is 0 Å². The molecule has 1 aliphatic rings. The number of rotatable bonds is 3. The summed E-state index contributed by atoms with van der Waals surface area (Å²) < 4.78 is 0. The molecule has 1 aromatic heterocycles. The van der Waals surface area contributed by atoms with Crippen LogP contribution in [0.2, 0.25) is 5.02 Å². The Morgan fingerprint density at radius 2 is 1.95 bits per heavy atom. The third kappa shape index (κ3) is 3.67. The summed E-state index contributed by atoms with van der Waals surface area (Å²) in [4.78, 5) is 13.3. The number of anilines is 2. The van der Waals surface area contributed by atoms with Crippen molar-refractivity contribution in [1.29, 1.82) is 0 Å². The average Bonchev–Trinajstić information content (AvgIpc) is 2.73. The number of nitrogens with zero attached hydrogens (tertiary/aromatic N) is 4. The van der Waals surface area contributed by atoms with E-state index in [2.05, 4.69) is 25.8 Å². The molecule has 116 valence electrons. The molecule has 0 atom stereocenters. The third-order valence-corrected chi connectivity index (χ3v) is 4.19. The predicted molar refractivity (Wildman–Crippen MR) is 90.0 cm³/mol. The molecule has 1 aromatic carbocycles. The number of benzene rings is 1. The van der Waals surface area contributed by atoms with Crippen molar-refractivity contribution in [3.8, 4) is 0 Å². The van der Waals surface area contributed by atoms with Crippen LogP contribution in [-0.2, 0) is 6.54 Å². The van der Waals surface area contributed by atoms with Crippen LogP contribution in [0.1, 0.15) is 12.2 Å². The van der Waals surface area contributed by atoms with Crippen molar-refractivity contribution in [3.63, 3.8) is 0 Å². The Labute approximate surface area is 135 Å². The first-order chi connectivity index (χ1) is 10.7. The number of hydrogen-bond donors (Lipinski definition) is 1. The lowest BCUT2D eigenvalue weighted by Crippen LogP contribution is -2.31. The number of halogens is 1. The van der Waals surface area contributed by atoms with E-state index in [1.165, 1.54) is 0 Å². The Hall–Kier alpha value is -1.85. The first kappa shape index (κ1) is 15.1. The summed E-state index contributed by atoms with van der Waals surface area (Å²) in [6.45, 7) is 4.69. The molecule has 0 unspecified atom stereocenters. The molecule has 0 radical (unpaired) electrons. The van der Waals surface area contributed by atoms with Crippen LogP contribution in [-0.4, -0.2) is 41.0 Å². The fourth-order valence-electron chi connectivity index (χ4n) is 2.77. The van der Waals surface area contributed by atoms with Crippen molar-refractivity contribution in [2.75, 3.05) is 36.8 Å². The minimum atomic E-state index is 0.525. The van der Waals surface area contributed by atoms with E-state index in [1.54, 1.807) is 12.3 Å². The lowest BCUT2D eigenvalue weighted by Gasteiger charge is -2.24.